The number of rotatable bonds is 5. The van der Waals surface area contributed by atoms with Crippen molar-refractivity contribution < 1.29 is 13.6 Å². The van der Waals surface area contributed by atoms with Crippen LogP contribution < -0.4 is 11.1 Å². The molecule has 0 bridgehead atoms. The van der Waals surface area contributed by atoms with Crippen LogP contribution in [0.5, 0.6) is 0 Å². The van der Waals surface area contributed by atoms with Gasteiger partial charge in [-0.1, -0.05) is 19.9 Å². The minimum absolute atomic E-state index is 0.286. The first kappa shape index (κ1) is 15.6. The minimum Gasteiger partial charge on any atom is -0.348 e. The zero-order valence-corrected chi connectivity index (χ0v) is 11.4. The fourth-order valence-corrected chi connectivity index (χ4v) is 1.80. The highest BCUT2D eigenvalue weighted by molar-refractivity contribution is 5.81. The molecule has 0 fully saturated rings. The molecule has 1 aromatic carbocycles. The first-order chi connectivity index (χ1) is 8.81. The van der Waals surface area contributed by atoms with Crippen LogP contribution in [0, 0.1) is 17.6 Å². The van der Waals surface area contributed by atoms with Crippen molar-refractivity contribution in [2.24, 2.45) is 11.7 Å². The Morgan fingerprint density at radius 3 is 2.42 bits per heavy atom. The molecule has 0 heterocycles. The quantitative estimate of drug-likeness (QED) is 0.863. The Morgan fingerprint density at radius 2 is 1.89 bits per heavy atom. The summed E-state index contributed by atoms with van der Waals surface area (Å²) in [5.74, 6) is -1.80. The van der Waals surface area contributed by atoms with Crippen molar-refractivity contribution in [3.8, 4) is 0 Å². The van der Waals surface area contributed by atoms with Crippen LogP contribution in [0.3, 0.4) is 0 Å². The van der Waals surface area contributed by atoms with Gasteiger partial charge in [-0.3, -0.25) is 4.79 Å². The minimum atomic E-state index is -0.926. The Labute approximate surface area is 112 Å². The molecule has 0 aliphatic heterocycles. The lowest BCUT2D eigenvalue weighted by atomic mass is 10.0. The summed E-state index contributed by atoms with van der Waals surface area (Å²) >= 11 is 0. The van der Waals surface area contributed by atoms with Crippen molar-refractivity contribution in [2.75, 3.05) is 0 Å². The van der Waals surface area contributed by atoms with Crippen LogP contribution in [0.15, 0.2) is 18.2 Å². The SMILES string of the molecule is CC(C)C[C@H](N)C(=O)NC(C)c1ccc(F)c(F)c1. The summed E-state index contributed by atoms with van der Waals surface area (Å²) in [4.78, 5) is 11.8. The fraction of sp³-hybridized carbons (Fsp3) is 0.500. The predicted octanol–water partition coefficient (Wildman–Crippen LogP) is 2.52. The molecule has 0 aliphatic rings. The molecule has 0 aromatic heterocycles. The van der Waals surface area contributed by atoms with E-state index in [-0.39, 0.29) is 5.91 Å². The highest BCUT2D eigenvalue weighted by atomic mass is 19.2. The van der Waals surface area contributed by atoms with Crippen LogP contribution in [-0.2, 0) is 4.79 Å². The monoisotopic (exact) mass is 270 g/mol. The number of carbonyl (C=O) groups is 1. The number of amides is 1. The van der Waals surface area contributed by atoms with E-state index in [0.29, 0.717) is 17.9 Å². The second kappa shape index (κ2) is 6.61. The molecule has 106 valence electrons. The van der Waals surface area contributed by atoms with Gasteiger partial charge in [-0.05, 0) is 37.0 Å². The average molecular weight is 270 g/mol. The van der Waals surface area contributed by atoms with E-state index in [4.69, 9.17) is 5.73 Å². The largest absolute Gasteiger partial charge is 0.348 e. The molecule has 3 nitrogen and oxygen atoms in total. The summed E-state index contributed by atoms with van der Waals surface area (Å²) in [6, 6.07) is 2.56. The van der Waals surface area contributed by atoms with Crippen molar-refractivity contribution in [1.82, 2.24) is 5.32 Å². The third kappa shape index (κ3) is 4.59. The second-order valence-corrected chi connectivity index (χ2v) is 5.14. The van der Waals surface area contributed by atoms with E-state index in [1.807, 2.05) is 13.8 Å². The zero-order chi connectivity index (χ0) is 14.6. The van der Waals surface area contributed by atoms with Gasteiger partial charge in [-0.15, -0.1) is 0 Å². The zero-order valence-electron chi connectivity index (χ0n) is 11.4. The smallest absolute Gasteiger partial charge is 0.237 e. The maximum absolute atomic E-state index is 13.1. The number of nitrogens with two attached hydrogens (primary N) is 1. The van der Waals surface area contributed by atoms with E-state index in [9.17, 15) is 13.6 Å². The van der Waals surface area contributed by atoms with Crippen molar-refractivity contribution >= 4 is 5.91 Å². The molecule has 0 saturated heterocycles. The van der Waals surface area contributed by atoms with Gasteiger partial charge in [0.15, 0.2) is 11.6 Å². The highest BCUT2D eigenvalue weighted by Crippen LogP contribution is 2.16. The molecule has 0 aliphatic carbocycles. The van der Waals surface area contributed by atoms with Crippen LogP contribution in [0.4, 0.5) is 8.78 Å². The van der Waals surface area contributed by atoms with Crippen molar-refractivity contribution in [3.05, 3.63) is 35.4 Å². The summed E-state index contributed by atoms with van der Waals surface area (Å²) < 4.78 is 25.9. The second-order valence-electron chi connectivity index (χ2n) is 5.14. The van der Waals surface area contributed by atoms with Crippen molar-refractivity contribution in [2.45, 2.75) is 39.3 Å². The highest BCUT2D eigenvalue weighted by Gasteiger charge is 2.18. The lowest BCUT2D eigenvalue weighted by molar-refractivity contribution is -0.123. The van der Waals surface area contributed by atoms with Gasteiger partial charge < -0.3 is 11.1 Å². The third-order valence-electron chi connectivity index (χ3n) is 2.86. The predicted molar refractivity (Wildman–Crippen MR) is 70.3 cm³/mol. The Kier molecular flexibility index (Phi) is 5.42. The maximum atomic E-state index is 13.1. The summed E-state index contributed by atoms with van der Waals surface area (Å²) in [5, 5.41) is 2.69. The molecule has 3 N–H and O–H groups in total. The van der Waals surface area contributed by atoms with Crippen molar-refractivity contribution in [3.63, 3.8) is 0 Å². The Balaban J connectivity index is 2.66. The lowest BCUT2D eigenvalue weighted by Crippen LogP contribution is -2.42. The van der Waals surface area contributed by atoms with Gasteiger partial charge in [0.25, 0.3) is 0 Å². The van der Waals surface area contributed by atoms with Crippen LogP contribution in [0.25, 0.3) is 0 Å². The Morgan fingerprint density at radius 1 is 1.26 bits per heavy atom. The normalized spacial score (nSPS) is 14.3. The van der Waals surface area contributed by atoms with Crippen LogP contribution in [-0.4, -0.2) is 11.9 Å². The number of halogens is 2. The molecule has 1 rings (SSSR count). The summed E-state index contributed by atoms with van der Waals surface area (Å²) in [6.45, 7) is 5.66. The number of carbonyl (C=O) groups excluding carboxylic acids is 1. The van der Waals surface area contributed by atoms with Gasteiger partial charge in [0.05, 0.1) is 12.1 Å². The molecule has 5 heteroatoms. The molecule has 0 radical (unpaired) electrons. The van der Waals surface area contributed by atoms with Crippen molar-refractivity contribution in [1.29, 1.82) is 0 Å². The Bertz CT molecular complexity index is 449. The maximum Gasteiger partial charge on any atom is 0.237 e. The average Bonchev–Trinajstić information content (AvgIpc) is 2.31. The molecule has 0 spiro atoms. The molecule has 1 aromatic rings. The first-order valence-electron chi connectivity index (χ1n) is 6.32. The third-order valence-corrected chi connectivity index (χ3v) is 2.86. The van der Waals surface area contributed by atoms with E-state index in [1.54, 1.807) is 6.92 Å². The van der Waals surface area contributed by atoms with Gasteiger partial charge in [0.1, 0.15) is 0 Å². The molecule has 2 atom stereocenters. The number of hydrogen-bond donors (Lipinski definition) is 2. The topological polar surface area (TPSA) is 55.1 Å². The fourth-order valence-electron chi connectivity index (χ4n) is 1.80. The van der Waals surface area contributed by atoms with Crippen LogP contribution >= 0.6 is 0 Å². The van der Waals surface area contributed by atoms with E-state index in [1.165, 1.54) is 6.07 Å². The standard InChI is InChI=1S/C14H20F2N2O/c1-8(2)6-13(17)14(19)18-9(3)10-4-5-11(15)12(16)7-10/h4-5,7-9,13H,6,17H2,1-3H3,(H,18,19)/t9?,13-/m0/s1. The molecule has 0 saturated carbocycles. The van der Waals surface area contributed by atoms with E-state index in [0.717, 1.165) is 12.1 Å². The molecule has 19 heavy (non-hydrogen) atoms. The number of benzene rings is 1. The van der Waals surface area contributed by atoms with Gasteiger partial charge >= 0.3 is 0 Å². The van der Waals surface area contributed by atoms with Gasteiger partial charge in [-0.2, -0.15) is 0 Å². The summed E-state index contributed by atoms with van der Waals surface area (Å²) in [7, 11) is 0. The molecular weight excluding hydrogens is 250 g/mol. The van der Waals surface area contributed by atoms with Crippen LogP contribution in [0.1, 0.15) is 38.8 Å². The summed E-state index contributed by atoms with van der Waals surface area (Å²) in [6.07, 6.45) is 0.580. The van der Waals surface area contributed by atoms with Gasteiger partial charge in [0, 0.05) is 0 Å². The number of nitrogens with one attached hydrogen (secondary N) is 1. The van der Waals surface area contributed by atoms with E-state index in [2.05, 4.69) is 5.32 Å². The first-order valence-corrected chi connectivity index (χ1v) is 6.32. The molecule has 1 amide bonds. The Hall–Kier alpha value is -1.49. The molecule has 1 unspecified atom stereocenters. The van der Waals surface area contributed by atoms with E-state index < -0.39 is 23.7 Å². The lowest BCUT2D eigenvalue weighted by Gasteiger charge is -2.19. The van der Waals surface area contributed by atoms with Gasteiger partial charge in [0.2, 0.25) is 5.91 Å². The van der Waals surface area contributed by atoms with Gasteiger partial charge in [-0.25, -0.2) is 8.78 Å². The number of hydrogen-bond acceptors (Lipinski definition) is 2. The van der Waals surface area contributed by atoms with Crippen LogP contribution in [0.2, 0.25) is 0 Å². The summed E-state index contributed by atoms with van der Waals surface area (Å²) in [5.41, 5.74) is 6.26. The molecular formula is C14H20F2N2O. The van der Waals surface area contributed by atoms with E-state index >= 15 is 0 Å².